The minimum atomic E-state index is -3.73. The number of nitrogens with zero attached hydrogens (tertiary/aromatic N) is 1. The molecule has 2 N–H and O–H groups in total. The standard InChI is InChI=1S/C13H14BrN3O2S/c1-2-15-12-7-4-8-16-13(12)20(18,19)17-11-6-3-5-10(14)9-11/h3-9,15,17H,2H2,1H3. The molecule has 0 aliphatic rings. The Morgan fingerprint density at radius 1 is 1.25 bits per heavy atom. The number of rotatable bonds is 5. The summed E-state index contributed by atoms with van der Waals surface area (Å²) < 4.78 is 28.1. The summed E-state index contributed by atoms with van der Waals surface area (Å²) >= 11 is 3.30. The van der Waals surface area contributed by atoms with Gasteiger partial charge in [0.15, 0.2) is 5.03 Å². The summed E-state index contributed by atoms with van der Waals surface area (Å²) in [6.07, 6.45) is 1.45. The fourth-order valence-corrected chi connectivity index (χ4v) is 3.25. The second-order valence-electron chi connectivity index (χ2n) is 4.00. The lowest BCUT2D eigenvalue weighted by molar-refractivity contribution is 0.598. The van der Waals surface area contributed by atoms with E-state index < -0.39 is 10.0 Å². The van der Waals surface area contributed by atoms with Gasteiger partial charge in [0.1, 0.15) is 0 Å². The fraction of sp³-hybridized carbons (Fsp3) is 0.154. The topological polar surface area (TPSA) is 71.1 Å². The highest BCUT2D eigenvalue weighted by molar-refractivity contribution is 9.10. The van der Waals surface area contributed by atoms with Crippen molar-refractivity contribution >= 4 is 37.3 Å². The van der Waals surface area contributed by atoms with Crippen LogP contribution in [0.4, 0.5) is 11.4 Å². The van der Waals surface area contributed by atoms with E-state index in [1.807, 2.05) is 13.0 Å². The van der Waals surface area contributed by atoms with Gasteiger partial charge in [-0.15, -0.1) is 0 Å². The van der Waals surface area contributed by atoms with Crippen LogP contribution in [0.5, 0.6) is 0 Å². The molecule has 1 aromatic heterocycles. The van der Waals surface area contributed by atoms with Gasteiger partial charge in [0.2, 0.25) is 0 Å². The maximum atomic E-state index is 12.4. The number of benzene rings is 1. The van der Waals surface area contributed by atoms with Crippen LogP contribution in [0.3, 0.4) is 0 Å². The molecular weight excluding hydrogens is 342 g/mol. The van der Waals surface area contributed by atoms with Crippen LogP contribution in [0.1, 0.15) is 6.92 Å². The van der Waals surface area contributed by atoms with E-state index in [0.717, 1.165) is 4.47 Å². The predicted octanol–water partition coefficient (Wildman–Crippen LogP) is 3.08. The summed E-state index contributed by atoms with van der Waals surface area (Å²) in [4.78, 5) is 3.96. The van der Waals surface area contributed by atoms with E-state index in [-0.39, 0.29) is 5.03 Å². The van der Waals surface area contributed by atoms with Gasteiger partial charge in [-0.05, 0) is 37.3 Å². The predicted molar refractivity (Wildman–Crippen MR) is 83.4 cm³/mol. The average molecular weight is 356 g/mol. The second-order valence-corrected chi connectivity index (χ2v) is 6.52. The van der Waals surface area contributed by atoms with E-state index in [1.54, 1.807) is 30.3 Å². The Bertz CT molecular complexity index is 704. The van der Waals surface area contributed by atoms with Crippen LogP contribution in [0.2, 0.25) is 0 Å². The van der Waals surface area contributed by atoms with Crippen molar-refractivity contribution in [3.63, 3.8) is 0 Å². The van der Waals surface area contributed by atoms with Gasteiger partial charge in [0.05, 0.1) is 5.69 Å². The second kappa shape index (κ2) is 6.23. The summed E-state index contributed by atoms with van der Waals surface area (Å²) in [7, 11) is -3.73. The van der Waals surface area contributed by atoms with Crippen molar-refractivity contribution in [3.8, 4) is 0 Å². The van der Waals surface area contributed by atoms with Crippen LogP contribution in [-0.4, -0.2) is 19.9 Å². The Morgan fingerprint density at radius 2 is 2.05 bits per heavy atom. The Morgan fingerprint density at radius 3 is 2.75 bits per heavy atom. The lowest BCUT2D eigenvalue weighted by Gasteiger charge is -2.12. The molecule has 7 heteroatoms. The molecule has 0 fully saturated rings. The Hall–Kier alpha value is -1.60. The molecule has 106 valence electrons. The van der Waals surface area contributed by atoms with Crippen molar-refractivity contribution in [1.29, 1.82) is 0 Å². The molecular formula is C13H14BrN3O2S. The van der Waals surface area contributed by atoms with E-state index in [1.165, 1.54) is 6.20 Å². The molecule has 0 aliphatic heterocycles. The molecule has 2 rings (SSSR count). The quantitative estimate of drug-likeness (QED) is 0.864. The monoisotopic (exact) mass is 355 g/mol. The Labute approximate surface area is 126 Å². The molecule has 1 heterocycles. The van der Waals surface area contributed by atoms with Crippen molar-refractivity contribution in [2.24, 2.45) is 0 Å². The number of aromatic nitrogens is 1. The van der Waals surface area contributed by atoms with Crippen molar-refractivity contribution in [3.05, 3.63) is 47.1 Å². The van der Waals surface area contributed by atoms with Crippen LogP contribution < -0.4 is 10.0 Å². The number of halogens is 1. The van der Waals surface area contributed by atoms with E-state index >= 15 is 0 Å². The number of anilines is 2. The molecule has 20 heavy (non-hydrogen) atoms. The third-order valence-electron chi connectivity index (χ3n) is 2.47. The molecule has 0 radical (unpaired) electrons. The fourth-order valence-electron chi connectivity index (χ4n) is 1.69. The zero-order valence-corrected chi connectivity index (χ0v) is 13.2. The van der Waals surface area contributed by atoms with Crippen molar-refractivity contribution < 1.29 is 8.42 Å². The normalized spacial score (nSPS) is 11.1. The number of hydrogen-bond donors (Lipinski definition) is 2. The molecule has 0 bridgehead atoms. The number of hydrogen-bond acceptors (Lipinski definition) is 4. The largest absolute Gasteiger partial charge is 0.383 e. The first-order valence-corrected chi connectivity index (χ1v) is 8.28. The first kappa shape index (κ1) is 14.8. The minimum absolute atomic E-state index is 0.0122. The van der Waals surface area contributed by atoms with E-state index in [2.05, 4.69) is 31.0 Å². The summed E-state index contributed by atoms with van der Waals surface area (Å²) in [5.74, 6) is 0. The van der Waals surface area contributed by atoms with Crippen LogP contribution in [-0.2, 0) is 10.0 Å². The lowest BCUT2D eigenvalue weighted by Crippen LogP contribution is -2.17. The van der Waals surface area contributed by atoms with Crippen LogP contribution in [0.15, 0.2) is 52.1 Å². The zero-order valence-electron chi connectivity index (χ0n) is 10.8. The number of nitrogens with one attached hydrogen (secondary N) is 2. The molecule has 0 amide bonds. The number of pyridine rings is 1. The zero-order chi connectivity index (χ0) is 14.6. The number of sulfonamides is 1. The summed E-state index contributed by atoms with van der Waals surface area (Å²) in [6, 6.07) is 10.3. The van der Waals surface area contributed by atoms with Gasteiger partial charge >= 0.3 is 0 Å². The Balaban J connectivity index is 2.36. The van der Waals surface area contributed by atoms with Crippen molar-refractivity contribution in [1.82, 2.24) is 4.98 Å². The molecule has 0 saturated carbocycles. The van der Waals surface area contributed by atoms with Gasteiger partial charge in [-0.25, -0.2) is 4.98 Å². The van der Waals surface area contributed by atoms with E-state index in [9.17, 15) is 8.42 Å². The highest BCUT2D eigenvalue weighted by Crippen LogP contribution is 2.22. The van der Waals surface area contributed by atoms with E-state index in [0.29, 0.717) is 17.9 Å². The molecule has 0 aliphatic carbocycles. The maximum Gasteiger partial charge on any atom is 0.281 e. The third kappa shape index (κ3) is 3.49. The first-order valence-electron chi connectivity index (χ1n) is 6.00. The Kier molecular flexibility index (Phi) is 4.61. The van der Waals surface area contributed by atoms with Gasteiger partial charge in [-0.3, -0.25) is 4.72 Å². The highest BCUT2D eigenvalue weighted by Gasteiger charge is 2.20. The molecule has 2 aromatic rings. The summed E-state index contributed by atoms with van der Waals surface area (Å²) in [5.41, 5.74) is 0.963. The maximum absolute atomic E-state index is 12.4. The van der Waals surface area contributed by atoms with Gasteiger partial charge in [-0.2, -0.15) is 8.42 Å². The van der Waals surface area contributed by atoms with Crippen molar-refractivity contribution in [2.75, 3.05) is 16.6 Å². The van der Waals surface area contributed by atoms with Crippen molar-refractivity contribution in [2.45, 2.75) is 11.9 Å². The minimum Gasteiger partial charge on any atom is -0.383 e. The molecule has 0 spiro atoms. The van der Waals surface area contributed by atoms with Gasteiger partial charge in [0, 0.05) is 22.9 Å². The lowest BCUT2D eigenvalue weighted by atomic mass is 10.3. The highest BCUT2D eigenvalue weighted by atomic mass is 79.9. The molecule has 5 nitrogen and oxygen atoms in total. The molecule has 1 aromatic carbocycles. The summed E-state index contributed by atoms with van der Waals surface area (Å²) in [5, 5.41) is 2.98. The van der Waals surface area contributed by atoms with Crippen LogP contribution in [0.25, 0.3) is 0 Å². The van der Waals surface area contributed by atoms with Gasteiger partial charge in [0.25, 0.3) is 10.0 Å². The third-order valence-corrected chi connectivity index (χ3v) is 4.30. The molecule has 0 saturated heterocycles. The average Bonchev–Trinajstić information content (AvgIpc) is 2.39. The first-order chi connectivity index (χ1) is 9.53. The van der Waals surface area contributed by atoms with Crippen LogP contribution in [0, 0.1) is 0 Å². The molecule has 0 unspecified atom stereocenters. The van der Waals surface area contributed by atoms with Crippen LogP contribution >= 0.6 is 15.9 Å². The smallest absolute Gasteiger partial charge is 0.281 e. The SMILES string of the molecule is CCNc1cccnc1S(=O)(=O)Nc1cccc(Br)c1. The summed E-state index contributed by atoms with van der Waals surface area (Å²) in [6.45, 7) is 2.51. The van der Waals surface area contributed by atoms with Gasteiger partial charge < -0.3 is 5.32 Å². The molecule has 0 atom stereocenters. The van der Waals surface area contributed by atoms with E-state index in [4.69, 9.17) is 0 Å². The van der Waals surface area contributed by atoms with Gasteiger partial charge in [-0.1, -0.05) is 22.0 Å².